The number of nitrogens with zero attached hydrogens (tertiary/aromatic N) is 3. The zero-order chi connectivity index (χ0) is 14.7. The average molecular weight is 281 g/mol. The fraction of sp³-hybridized carbons (Fsp3) is 0.867. The quantitative estimate of drug-likeness (QED) is 0.760. The van der Waals surface area contributed by atoms with Gasteiger partial charge in [0.15, 0.2) is 0 Å². The van der Waals surface area contributed by atoms with Crippen molar-refractivity contribution in [3.8, 4) is 0 Å². The Morgan fingerprint density at radius 2 is 1.90 bits per heavy atom. The summed E-state index contributed by atoms with van der Waals surface area (Å²) in [4.78, 5) is 30.5. The van der Waals surface area contributed by atoms with E-state index in [1.807, 2.05) is 9.80 Å². The molecule has 2 heterocycles. The van der Waals surface area contributed by atoms with Gasteiger partial charge in [0.25, 0.3) is 0 Å². The molecule has 2 aliphatic heterocycles. The molecule has 0 aliphatic carbocycles. The van der Waals surface area contributed by atoms with Crippen LogP contribution in [0.1, 0.15) is 26.7 Å². The minimum absolute atomic E-state index is 0.113. The SMILES string of the molecule is CC(C)CCN1C[C@@H](C(=O)N2CCN(C)CC2)CC1=O. The van der Waals surface area contributed by atoms with Crippen LogP contribution in [0.15, 0.2) is 0 Å². The Kier molecular flexibility index (Phi) is 5.02. The van der Waals surface area contributed by atoms with Crippen molar-refractivity contribution < 1.29 is 9.59 Å². The number of likely N-dealkylation sites (tertiary alicyclic amines) is 1. The largest absolute Gasteiger partial charge is 0.342 e. The molecule has 2 aliphatic rings. The summed E-state index contributed by atoms with van der Waals surface area (Å²) in [6.45, 7) is 9.20. The summed E-state index contributed by atoms with van der Waals surface area (Å²) < 4.78 is 0. The Bertz CT molecular complexity index is 362. The first-order chi connectivity index (χ1) is 9.47. The number of amides is 2. The first kappa shape index (κ1) is 15.3. The molecule has 2 saturated heterocycles. The van der Waals surface area contributed by atoms with Gasteiger partial charge >= 0.3 is 0 Å². The zero-order valence-corrected chi connectivity index (χ0v) is 13.0. The number of carbonyl (C=O) groups is 2. The van der Waals surface area contributed by atoms with Crippen LogP contribution in [0.4, 0.5) is 0 Å². The molecule has 0 saturated carbocycles. The first-order valence-corrected chi connectivity index (χ1v) is 7.72. The molecule has 0 radical (unpaired) electrons. The zero-order valence-electron chi connectivity index (χ0n) is 13.0. The van der Waals surface area contributed by atoms with E-state index in [9.17, 15) is 9.59 Å². The number of hydrogen-bond donors (Lipinski definition) is 0. The Labute approximate surface area is 121 Å². The van der Waals surface area contributed by atoms with Gasteiger partial charge in [-0.3, -0.25) is 9.59 Å². The molecule has 0 aromatic heterocycles. The second-order valence-corrected chi connectivity index (χ2v) is 6.55. The van der Waals surface area contributed by atoms with Gasteiger partial charge in [0.2, 0.25) is 11.8 Å². The number of piperazine rings is 1. The lowest BCUT2D eigenvalue weighted by molar-refractivity contribution is -0.137. The maximum absolute atomic E-state index is 12.5. The molecule has 1 atom stereocenters. The van der Waals surface area contributed by atoms with Crippen LogP contribution < -0.4 is 0 Å². The lowest BCUT2D eigenvalue weighted by Gasteiger charge is -2.33. The first-order valence-electron chi connectivity index (χ1n) is 7.72. The fourth-order valence-corrected chi connectivity index (χ4v) is 2.85. The summed E-state index contributed by atoms with van der Waals surface area (Å²) in [5.41, 5.74) is 0. The molecule has 20 heavy (non-hydrogen) atoms. The van der Waals surface area contributed by atoms with Crippen LogP contribution in [-0.2, 0) is 9.59 Å². The van der Waals surface area contributed by atoms with E-state index < -0.39 is 0 Å². The molecule has 0 aromatic carbocycles. The highest BCUT2D eigenvalue weighted by Gasteiger charge is 2.36. The van der Waals surface area contributed by atoms with Gasteiger partial charge in [-0.15, -0.1) is 0 Å². The van der Waals surface area contributed by atoms with Crippen LogP contribution >= 0.6 is 0 Å². The van der Waals surface area contributed by atoms with Crippen LogP contribution in [0.3, 0.4) is 0 Å². The highest BCUT2D eigenvalue weighted by molar-refractivity contribution is 5.89. The van der Waals surface area contributed by atoms with Crippen molar-refractivity contribution >= 4 is 11.8 Å². The second-order valence-electron chi connectivity index (χ2n) is 6.55. The monoisotopic (exact) mass is 281 g/mol. The van der Waals surface area contributed by atoms with Crippen LogP contribution in [0.2, 0.25) is 0 Å². The summed E-state index contributed by atoms with van der Waals surface area (Å²) >= 11 is 0. The van der Waals surface area contributed by atoms with E-state index >= 15 is 0 Å². The molecule has 2 amide bonds. The smallest absolute Gasteiger partial charge is 0.228 e. The highest BCUT2D eigenvalue weighted by atomic mass is 16.2. The van der Waals surface area contributed by atoms with Gasteiger partial charge < -0.3 is 14.7 Å². The predicted molar refractivity (Wildman–Crippen MR) is 78.2 cm³/mol. The van der Waals surface area contributed by atoms with Gasteiger partial charge in [-0.05, 0) is 19.4 Å². The molecule has 5 nitrogen and oxygen atoms in total. The van der Waals surface area contributed by atoms with Crippen molar-refractivity contribution in [3.63, 3.8) is 0 Å². The van der Waals surface area contributed by atoms with E-state index in [1.54, 1.807) is 0 Å². The van der Waals surface area contributed by atoms with Crippen molar-refractivity contribution in [1.29, 1.82) is 0 Å². The molecule has 114 valence electrons. The number of likely N-dealkylation sites (N-methyl/N-ethyl adjacent to an activating group) is 1. The molecule has 0 spiro atoms. The van der Waals surface area contributed by atoms with Crippen LogP contribution in [-0.4, -0.2) is 72.8 Å². The fourth-order valence-electron chi connectivity index (χ4n) is 2.85. The van der Waals surface area contributed by atoms with Crippen molar-refractivity contribution in [2.75, 3.05) is 46.3 Å². The van der Waals surface area contributed by atoms with E-state index in [-0.39, 0.29) is 17.7 Å². The summed E-state index contributed by atoms with van der Waals surface area (Å²) in [6.07, 6.45) is 1.42. The molecular formula is C15H27N3O2. The summed E-state index contributed by atoms with van der Waals surface area (Å²) in [7, 11) is 2.08. The summed E-state index contributed by atoms with van der Waals surface area (Å²) in [6, 6.07) is 0. The maximum atomic E-state index is 12.5. The third-order valence-corrected chi connectivity index (χ3v) is 4.36. The Morgan fingerprint density at radius 3 is 2.50 bits per heavy atom. The van der Waals surface area contributed by atoms with E-state index in [0.29, 0.717) is 18.9 Å². The third-order valence-electron chi connectivity index (χ3n) is 4.36. The van der Waals surface area contributed by atoms with Gasteiger partial charge in [0, 0.05) is 45.7 Å². The minimum atomic E-state index is -0.113. The molecule has 0 bridgehead atoms. The molecule has 0 N–H and O–H groups in total. The topological polar surface area (TPSA) is 43.9 Å². The maximum Gasteiger partial charge on any atom is 0.228 e. The Morgan fingerprint density at radius 1 is 1.25 bits per heavy atom. The van der Waals surface area contributed by atoms with Crippen molar-refractivity contribution in [2.45, 2.75) is 26.7 Å². The highest BCUT2D eigenvalue weighted by Crippen LogP contribution is 2.21. The second kappa shape index (κ2) is 6.57. The minimum Gasteiger partial charge on any atom is -0.342 e. The van der Waals surface area contributed by atoms with E-state index in [0.717, 1.165) is 39.1 Å². The standard InChI is InChI=1S/C15H27N3O2/c1-12(2)4-5-18-11-13(10-14(18)19)15(20)17-8-6-16(3)7-9-17/h12-13H,4-11H2,1-3H3/t13-/m0/s1. The van der Waals surface area contributed by atoms with Gasteiger partial charge in [-0.2, -0.15) is 0 Å². The van der Waals surface area contributed by atoms with Crippen LogP contribution in [0, 0.1) is 11.8 Å². The van der Waals surface area contributed by atoms with Crippen molar-refractivity contribution in [1.82, 2.24) is 14.7 Å². The average Bonchev–Trinajstić information content (AvgIpc) is 2.78. The number of rotatable bonds is 4. The van der Waals surface area contributed by atoms with Crippen LogP contribution in [0.25, 0.3) is 0 Å². The molecule has 5 heteroatoms. The lowest BCUT2D eigenvalue weighted by atomic mass is 10.1. The van der Waals surface area contributed by atoms with Crippen LogP contribution in [0.5, 0.6) is 0 Å². The van der Waals surface area contributed by atoms with E-state index in [2.05, 4.69) is 25.8 Å². The summed E-state index contributed by atoms with van der Waals surface area (Å²) in [5, 5.41) is 0. The summed E-state index contributed by atoms with van der Waals surface area (Å²) in [5.74, 6) is 0.810. The molecule has 2 rings (SSSR count). The predicted octanol–water partition coefficient (Wildman–Crippen LogP) is 0.655. The Balaban J connectivity index is 1.84. The normalized spacial score (nSPS) is 24.8. The number of carbonyl (C=O) groups excluding carboxylic acids is 2. The van der Waals surface area contributed by atoms with Gasteiger partial charge in [-0.1, -0.05) is 13.8 Å². The van der Waals surface area contributed by atoms with Gasteiger partial charge in [0.1, 0.15) is 0 Å². The third kappa shape index (κ3) is 3.72. The molecule has 0 unspecified atom stereocenters. The lowest BCUT2D eigenvalue weighted by Crippen LogP contribution is -2.49. The van der Waals surface area contributed by atoms with Crippen molar-refractivity contribution in [3.05, 3.63) is 0 Å². The van der Waals surface area contributed by atoms with E-state index in [1.165, 1.54) is 0 Å². The number of hydrogen-bond acceptors (Lipinski definition) is 3. The molecule has 0 aromatic rings. The van der Waals surface area contributed by atoms with Gasteiger partial charge in [-0.25, -0.2) is 0 Å². The molecular weight excluding hydrogens is 254 g/mol. The van der Waals surface area contributed by atoms with Crippen molar-refractivity contribution in [2.24, 2.45) is 11.8 Å². The molecule has 2 fully saturated rings. The Hall–Kier alpha value is -1.10. The van der Waals surface area contributed by atoms with E-state index in [4.69, 9.17) is 0 Å². The van der Waals surface area contributed by atoms with Gasteiger partial charge in [0.05, 0.1) is 5.92 Å².